The van der Waals surface area contributed by atoms with Crippen molar-refractivity contribution in [1.82, 2.24) is 9.38 Å². The second-order valence-electron chi connectivity index (χ2n) is 10.2. The van der Waals surface area contributed by atoms with Gasteiger partial charge < -0.3 is 4.40 Å². The highest BCUT2D eigenvalue weighted by Gasteiger charge is 2.30. The maximum absolute atomic E-state index is 4.91. The predicted molar refractivity (Wildman–Crippen MR) is 130 cm³/mol. The fourth-order valence-corrected chi connectivity index (χ4v) is 5.65. The minimum Gasteiger partial charge on any atom is -0.307 e. The number of rotatable bonds is 0. The molecule has 0 N–H and O–H groups in total. The molecule has 0 aliphatic carbocycles. The average molecular weight is 407 g/mol. The third kappa shape index (κ3) is 2.19. The van der Waals surface area contributed by atoms with Crippen LogP contribution in [0.15, 0.2) is 42.7 Å². The van der Waals surface area contributed by atoms with E-state index in [1.165, 1.54) is 65.9 Å². The van der Waals surface area contributed by atoms with Crippen LogP contribution >= 0.6 is 0 Å². The lowest BCUT2D eigenvalue weighted by molar-refractivity contribution is -0.646. The molecule has 6 aromatic rings. The molecular formula is C28H28N3+. The second kappa shape index (κ2) is 5.73. The van der Waals surface area contributed by atoms with Crippen LogP contribution in [0.25, 0.3) is 49.1 Å². The van der Waals surface area contributed by atoms with E-state index < -0.39 is 0 Å². The zero-order valence-corrected chi connectivity index (χ0v) is 19.4. The van der Waals surface area contributed by atoms with Gasteiger partial charge in [0.2, 0.25) is 0 Å². The first-order chi connectivity index (χ1) is 14.7. The van der Waals surface area contributed by atoms with Gasteiger partial charge in [0, 0.05) is 16.2 Å². The van der Waals surface area contributed by atoms with Gasteiger partial charge in [0.25, 0.3) is 6.33 Å². The highest BCUT2D eigenvalue weighted by Crippen LogP contribution is 2.45. The van der Waals surface area contributed by atoms with Crippen molar-refractivity contribution in [2.75, 3.05) is 0 Å². The van der Waals surface area contributed by atoms with Crippen molar-refractivity contribution < 1.29 is 4.57 Å². The van der Waals surface area contributed by atoms with E-state index in [4.69, 9.17) is 4.98 Å². The maximum atomic E-state index is 4.91. The number of hydrogen-bond donors (Lipinski definition) is 0. The highest BCUT2D eigenvalue weighted by atomic mass is 15.0. The van der Waals surface area contributed by atoms with Gasteiger partial charge in [0.15, 0.2) is 5.52 Å². The summed E-state index contributed by atoms with van der Waals surface area (Å²) in [6.45, 7) is 13.7. The Morgan fingerprint density at radius 2 is 1.61 bits per heavy atom. The zero-order chi connectivity index (χ0) is 21.8. The molecule has 3 aromatic heterocycles. The van der Waals surface area contributed by atoms with Crippen LogP contribution in [0, 0.1) is 20.8 Å². The van der Waals surface area contributed by atoms with Gasteiger partial charge in [-0.05, 0) is 65.6 Å². The van der Waals surface area contributed by atoms with E-state index >= 15 is 0 Å². The van der Waals surface area contributed by atoms with Gasteiger partial charge in [0.05, 0.1) is 29.0 Å². The van der Waals surface area contributed by atoms with Crippen molar-refractivity contribution in [2.24, 2.45) is 7.05 Å². The van der Waals surface area contributed by atoms with Crippen LogP contribution in [0.1, 0.15) is 43.0 Å². The first kappa shape index (κ1) is 18.6. The van der Waals surface area contributed by atoms with Gasteiger partial charge in [-0.1, -0.05) is 45.0 Å². The van der Waals surface area contributed by atoms with Crippen LogP contribution in [0.5, 0.6) is 0 Å². The second-order valence-corrected chi connectivity index (χ2v) is 10.2. The molecular weight excluding hydrogens is 378 g/mol. The molecule has 3 aromatic carbocycles. The summed E-state index contributed by atoms with van der Waals surface area (Å²) in [6, 6.07) is 13.6. The molecule has 0 saturated heterocycles. The van der Waals surface area contributed by atoms with E-state index in [2.05, 4.69) is 94.0 Å². The number of aromatic nitrogens is 3. The summed E-state index contributed by atoms with van der Waals surface area (Å²) in [5.74, 6) is 0. The van der Waals surface area contributed by atoms with E-state index in [1.807, 2.05) is 6.33 Å². The number of fused-ring (bicyclic) bond motifs is 6. The number of nitrogens with zero attached hydrogens (tertiary/aromatic N) is 3. The molecule has 3 heteroatoms. The van der Waals surface area contributed by atoms with E-state index in [0.29, 0.717) is 0 Å². The maximum Gasteiger partial charge on any atom is 0.287 e. The number of hydrogen-bond acceptors (Lipinski definition) is 1. The quantitative estimate of drug-likeness (QED) is 0.162. The molecule has 31 heavy (non-hydrogen) atoms. The lowest BCUT2D eigenvalue weighted by atomic mass is 9.83. The van der Waals surface area contributed by atoms with E-state index in [-0.39, 0.29) is 5.41 Å². The van der Waals surface area contributed by atoms with Crippen molar-refractivity contribution in [3.8, 4) is 0 Å². The molecule has 0 atom stereocenters. The highest BCUT2D eigenvalue weighted by molar-refractivity contribution is 6.28. The Kier molecular flexibility index (Phi) is 3.43. The summed E-state index contributed by atoms with van der Waals surface area (Å²) in [5.41, 5.74) is 11.6. The first-order valence-corrected chi connectivity index (χ1v) is 11.1. The Labute approximate surface area is 182 Å². The van der Waals surface area contributed by atoms with Gasteiger partial charge in [-0.25, -0.2) is 4.57 Å². The fourth-order valence-electron chi connectivity index (χ4n) is 5.65. The molecule has 0 bridgehead atoms. The largest absolute Gasteiger partial charge is 0.307 e. The predicted octanol–water partition coefficient (Wildman–Crippen LogP) is 6.43. The van der Waals surface area contributed by atoms with Gasteiger partial charge >= 0.3 is 0 Å². The van der Waals surface area contributed by atoms with Crippen molar-refractivity contribution in [3.63, 3.8) is 0 Å². The van der Waals surface area contributed by atoms with Crippen LogP contribution in [0.4, 0.5) is 0 Å². The summed E-state index contributed by atoms with van der Waals surface area (Å²) in [4.78, 5) is 4.91. The van der Waals surface area contributed by atoms with Crippen LogP contribution < -0.4 is 4.57 Å². The Morgan fingerprint density at radius 1 is 0.871 bits per heavy atom. The molecule has 0 fully saturated rings. The molecule has 154 valence electrons. The molecule has 0 unspecified atom stereocenters. The molecule has 0 amide bonds. The summed E-state index contributed by atoms with van der Waals surface area (Å²) in [7, 11) is 2.13. The SMILES string of the molecule is Cc1cc(C)c2c(c1C)c1c3c(cc(C(C)(C)C)c4c5ccccc5n2c43)nc[n+]1C. The molecule has 0 radical (unpaired) electrons. The molecule has 0 saturated carbocycles. The van der Waals surface area contributed by atoms with Crippen molar-refractivity contribution in [1.29, 1.82) is 0 Å². The lowest BCUT2D eigenvalue weighted by Crippen LogP contribution is -2.30. The Hall–Kier alpha value is -3.20. The smallest absolute Gasteiger partial charge is 0.287 e. The molecule has 3 nitrogen and oxygen atoms in total. The molecule has 6 rings (SSSR count). The topological polar surface area (TPSA) is 21.2 Å². The van der Waals surface area contributed by atoms with Crippen molar-refractivity contribution in [3.05, 3.63) is 65.0 Å². The van der Waals surface area contributed by atoms with Crippen molar-refractivity contribution in [2.45, 2.75) is 47.0 Å². The van der Waals surface area contributed by atoms with Gasteiger partial charge in [-0.2, -0.15) is 0 Å². The fraction of sp³-hybridized carbons (Fsp3) is 0.286. The van der Waals surface area contributed by atoms with E-state index in [0.717, 1.165) is 5.52 Å². The summed E-state index contributed by atoms with van der Waals surface area (Å²) >= 11 is 0. The van der Waals surface area contributed by atoms with Crippen LogP contribution in [0.2, 0.25) is 0 Å². The molecule has 0 aliphatic heterocycles. The van der Waals surface area contributed by atoms with Crippen LogP contribution in [-0.2, 0) is 12.5 Å². The first-order valence-electron chi connectivity index (χ1n) is 11.1. The third-order valence-corrected chi connectivity index (χ3v) is 7.16. The summed E-state index contributed by atoms with van der Waals surface area (Å²) in [6.07, 6.45) is 1.98. The Morgan fingerprint density at radius 3 is 2.35 bits per heavy atom. The number of para-hydroxylation sites is 1. The van der Waals surface area contributed by atoms with Crippen LogP contribution in [0.3, 0.4) is 0 Å². The van der Waals surface area contributed by atoms with E-state index in [9.17, 15) is 0 Å². The monoisotopic (exact) mass is 406 g/mol. The Balaban J connectivity index is 2.15. The van der Waals surface area contributed by atoms with Gasteiger partial charge in [-0.15, -0.1) is 0 Å². The van der Waals surface area contributed by atoms with Crippen molar-refractivity contribution >= 4 is 49.1 Å². The number of pyridine rings is 1. The zero-order valence-electron chi connectivity index (χ0n) is 19.4. The Bertz CT molecular complexity index is 1690. The molecule has 0 spiro atoms. The van der Waals surface area contributed by atoms with E-state index in [1.54, 1.807) is 0 Å². The molecule has 0 aliphatic rings. The minimum atomic E-state index is 0.0154. The minimum absolute atomic E-state index is 0.0154. The average Bonchev–Trinajstić information content (AvgIpc) is 3.06. The third-order valence-electron chi connectivity index (χ3n) is 7.16. The standard InChI is InChI=1S/C28H28N3/c1-15-12-16(2)25-22(17(15)3)26-24-20(29-14-30(26)7)13-19(28(4,5)6)23-18-10-8-9-11-21(18)31(25)27(23)24/h8-14H,1-7H3/q+1. The lowest BCUT2D eigenvalue weighted by Gasteiger charge is -2.22. The van der Waals surface area contributed by atoms with Gasteiger partial charge in [-0.3, -0.25) is 0 Å². The number of aryl methyl sites for hydroxylation is 4. The summed E-state index contributed by atoms with van der Waals surface area (Å²) in [5, 5.41) is 5.30. The number of benzene rings is 3. The summed E-state index contributed by atoms with van der Waals surface area (Å²) < 4.78 is 4.73. The van der Waals surface area contributed by atoms with Gasteiger partial charge in [0.1, 0.15) is 5.52 Å². The van der Waals surface area contributed by atoms with Crippen LogP contribution in [-0.4, -0.2) is 9.38 Å². The molecule has 3 heterocycles. The normalized spacial score (nSPS) is 13.0.